The third kappa shape index (κ3) is 3.16. The number of rotatable bonds is 4. The SMILES string of the molecule is C[C@H](CCC(=O)O)[C@H]1CC[C@H]2C3CC[C@@H]4C[C@H](O)CC[C@]4(C)[C@H]3CC[C@]12C. The minimum absolute atomic E-state index is 0.0561. The van der Waals surface area contributed by atoms with Crippen molar-refractivity contribution in [2.24, 2.45) is 46.3 Å². The Hall–Kier alpha value is -0.570. The lowest BCUT2D eigenvalue weighted by Gasteiger charge is -2.61. The second-order valence-corrected chi connectivity index (χ2v) is 11.2. The Morgan fingerprint density at radius 2 is 1.70 bits per heavy atom. The van der Waals surface area contributed by atoms with Gasteiger partial charge in [0.25, 0.3) is 0 Å². The summed E-state index contributed by atoms with van der Waals surface area (Å²) >= 11 is 0. The van der Waals surface area contributed by atoms with E-state index in [0.29, 0.717) is 29.1 Å². The lowest BCUT2D eigenvalue weighted by molar-refractivity contribution is -0.138. The predicted molar refractivity (Wildman–Crippen MR) is 107 cm³/mol. The fraction of sp³-hybridized carbons (Fsp3) is 0.958. The smallest absolute Gasteiger partial charge is 0.303 e. The van der Waals surface area contributed by atoms with E-state index in [0.717, 1.165) is 42.9 Å². The van der Waals surface area contributed by atoms with Crippen molar-refractivity contribution >= 4 is 5.97 Å². The van der Waals surface area contributed by atoms with E-state index in [1.165, 1.54) is 44.9 Å². The number of aliphatic hydroxyl groups is 1. The summed E-state index contributed by atoms with van der Waals surface area (Å²) in [5.74, 6) is 3.91. The van der Waals surface area contributed by atoms with E-state index in [-0.39, 0.29) is 6.10 Å². The van der Waals surface area contributed by atoms with Crippen molar-refractivity contribution in [2.45, 2.75) is 97.5 Å². The van der Waals surface area contributed by atoms with Crippen LogP contribution in [0.5, 0.6) is 0 Å². The molecule has 2 N–H and O–H groups in total. The number of aliphatic hydroxyl groups excluding tert-OH is 1. The van der Waals surface area contributed by atoms with Gasteiger partial charge in [-0.3, -0.25) is 4.79 Å². The average molecular weight is 377 g/mol. The van der Waals surface area contributed by atoms with Crippen LogP contribution in [0.2, 0.25) is 0 Å². The summed E-state index contributed by atoms with van der Waals surface area (Å²) in [6.07, 6.45) is 12.4. The first-order valence-electron chi connectivity index (χ1n) is 11.7. The molecule has 154 valence electrons. The molecule has 0 bridgehead atoms. The van der Waals surface area contributed by atoms with Gasteiger partial charge in [0, 0.05) is 6.42 Å². The normalized spacial score (nSPS) is 50.4. The molecule has 9 atom stereocenters. The first kappa shape index (κ1) is 19.7. The zero-order valence-electron chi connectivity index (χ0n) is 17.6. The second-order valence-electron chi connectivity index (χ2n) is 11.2. The van der Waals surface area contributed by atoms with Crippen LogP contribution < -0.4 is 0 Å². The highest BCUT2D eigenvalue weighted by molar-refractivity contribution is 5.66. The van der Waals surface area contributed by atoms with Crippen molar-refractivity contribution in [3.05, 3.63) is 0 Å². The summed E-state index contributed by atoms with van der Waals surface area (Å²) in [5.41, 5.74) is 0.882. The Labute approximate surface area is 165 Å². The van der Waals surface area contributed by atoms with Crippen molar-refractivity contribution in [2.75, 3.05) is 0 Å². The largest absolute Gasteiger partial charge is 0.481 e. The van der Waals surface area contributed by atoms with Gasteiger partial charge in [-0.1, -0.05) is 20.8 Å². The molecule has 4 fully saturated rings. The summed E-state index contributed by atoms with van der Waals surface area (Å²) in [5, 5.41) is 19.3. The molecule has 4 rings (SSSR count). The molecule has 4 aliphatic rings. The van der Waals surface area contributed by atoms with Crippen LogP contribution in [-0.2, 0) is 4.79 Å². The summed E-state index contributed by atoms with van der Waals surface area (Å²) < 4.78 is 0. The van der Waals surface area contributed by atoms with Crippen LogP contribution in [-0.4, -0.2) is 22.3 Å². The Kier molecular flexibility index (Phi) is 5.15. The lowest BCUT2D eigenvalue weighted by atomic mass is 9.44. The van der Waals surface area contributed by atoms with Crippen molar-refractivity contribution in [1.29, 1.82) is 0 Å². The number of fused-ring (bicyclic) bond motifs is 5. The summed E-state index contributed by atoms with van der Waals surface area (Å²) in [4.78, 5) is 11.0. The molecule has 0 aromatic rings. The molecular weight excluding hydrogens is 336 g/mol. The minimum atomic E-state index is -0.643. The molecule has 3 heteroatoms. The van der Waals surface area contributed by atoms with Crippen LogP contribution in [0.15, 0.2) is 0 Å². The second kappa shape index (κ2) is 7.04. The van der Waals surface area contributed by atoms with E-state index >= 15 is 0 Å². The first-order valence-corrected chi connectivity index (χ1v) is 11.7. The van der Waals surface area contributed by atoms with Crippen LogP contribution in [0.25, 0.3) is 0 Å². The van der Waals surface area contributed by atoms with Gasteiger partial charge in [0.1, 0.15) is 0 Å². The van der Waals surface area contributed by atoms with E-state index < -0.39 is 5.97 Å². The number of hydrogen-bond acceptors (Lipinski definition) is 2. The van der Waals surface area contributed by atoms with E-state index in [2.05, 4.69) is 20.8 Å². The topological polar surface area (TPSA) is 57.5 Å². The third-order valence-electron chi connectivity index (χ3n) is 10.2. The van der Waals surface area contributed by atoms with Crippen LogP contribution in [0.3, 0.4) is 0 Å². The molecule has 0 aliphatic heterocycles. The maximum atomic E-state index is 11.0. The van der Waals surface area contributed by atoms with Crippen molar-refractivity contribution in [3.8, 4) is 0 Å². The summed E-state index contributed by atoms with van der Waals surface area (Å²) in [6, 6.07) is 0. The number of carboxylic acid groups (broad SMARTS) is 1. The molecule has 0 saturated heterocycles. The monoisotopic (exact) mass is 376 g/mol. The zero-order valence-corrected chi connectivity index (χ0v) is 17.6. The fourth-order valence-corrected chi connectivity index (χ4v) is 8.76. The van der Waals surface area contributed by atoms with E-state index in [1.54, 1.807) is 0 Å². The van der Waals surface area contributed by atoms with Crippen LogP contribution in [0, 0.1) is 46.3 Å². The van der Waals surface area contributed by atoms with Crippen LogP contribution in [0.1, 0.15) is 91.4 Å². The molecule has 27 heavy (non-hydrogen) atoms. The molecule has 0 amide bonds. The zero-order chi connectivity index (χ0) is 19.4. The van der Waals surface area contributed by atoms with Gasteiger partial charge in [0.2, 0.25) is 0 Å². The molecule has 4 saturated carbocycles. The van der Waals surface area contributed by atoms with E-state index in [9.17, 15) is 9.90 Å². The molecule has 4 aliphatic carbocycles. The fourth-order valence-electron chi connectivity index (χ4n) is 8.76. The summed E-state index contributed by atoms with van der Waals surface area (Å²) in [6.45, 7) is 7.43. The van der Waals surface area contributed by atoms with E-state index in [1.807, 2.05) is 0 Å². The molecular formula is C24H40O3. The number of aliphatic carboxylic acids is 1. The molecule has 3 nitrogen and oxygen atoms in total. The Morgan fingerprint density at radius 1 is 1.00 bits per heavy atom. The van der Waals surface area contributed by atoms with Crippen molar-refractivity contribution in [1.82, 2.24) is 0 Å². The highest BCUT2D eigenvalue weighted by Gasteiger charge is 2.60. The van der Waals surface area contributed by atoms with E-state index in [4.69, 9.17) is 5.11 Å². The van der Waals surface area contributed by atoms with Gasteiger partial charge >= 0.3 is 5.97 Å². The molecule has 0 heterocycles. The third-order valence-corrected chi connectivity index (χ3v) is 10.2. The average Bonchev–Trinajstić information content (AvgIpc) is 2.97. The molecule has 0 aromatic heterocycles. The van der Waals surface area contributed by atoms with Gasteiger partial charge in [0.15, 0.2) is 0 Å². The van der Waals surface area contributed by atoms with Crippen molar-refractivity contribution in [3.63, 3.8) is 0 Å². The van der Waals surface area contributed by atoms with Gasteiger partial charge in [-0.15, -0.1) is 0 Å². The van der Waals surface area contributed by atoms with Gasteiger partial charge in [-0.05, 0) is 111 Å². The predicted octanol–water partition coefficient (Wildman–Crippen LogP) is 5.51. The Balaban J connectivity index is 1.51. The maximum absolute atomic E-state index is 11.0. The first-order chi connectivity index (χ1) is 12.8. The molecule has 0 radical (unpaired) electrons. The maximum Gasteiger partial charge on any atom is 0.303 e. The van der Waals surface area contributed by atoms with Gasteiger partial charge in [-0.2, -0.15) is 0 Å². The highest BCUT2D eigenvalue weighted by Crippen LogP contribution is 2.68. The van der Waals surface area contributed by atoms with Crippen LogP contribution >= 0.6 is 0 Å². The van der Waals surface area contributed by atoms with Gasteiger partial charge in [-0.25, -0.2) is 0 Å². The lowest BCUT2D eigenvalue weighted by Crippen LogP contribution is -2.54. The number of carboxylic acids is 1. The van der Waals surface area contributed by atoms with Crippen molar-refractivity contribution < 1.29 is 15.0 Å². The quantitative estimate of drug-likeness (QED) is 0.680. The molecule has 0 aromatic carbocycles. The Bertz CT molecular complexity index is 574. The van der Waals surface area contributed by atoms with Gasteiger partial charge in [0.05, 0.1) is 6.10 Å². The Morgan fingerprint density at radius 3 is 2.44 bits per heavy atom. The highest BCUT2D eigenvalue weighted by atomic mass is 16.4. The number of hydrogen-bond donors (Lipinski definition) is 2. The van der Waals surface area contributed by atoms with Crippen LogP contribution in [0.4, 0.5) is 0 Å². The number of carbonyl (C=O) groups is 1. The summed E-state index contributed by atoms with van der Waals surface area (Å²) in [7, 11) is 0. The molecule has 0 spiro atoms. The minimum Gasteiger partial charge on any atom is -0.481 e. The molecule has 1 unspecified atom stereocenters. The standard InChI is InChI=1S/C24H40O3/c1-15(4-9-22(26)27)19-7-8-20-18-6-5-16-14-17(25)10-12-23(16,2)21(18)11-13-24(19,20)3/h15-21,25H,4-14H2,1-3H3,(H,26,27)/t15-,16-,17-,18?,19-,20+,21+,23+,24-/m1/s1. The van der Waals surface area contributed by atoms with Gasteiger partial charge < -0.3 is 10.2 Å².